The minimum atomic E-state index is -0.0244. The van der Waals surface area contributed by atoms with Gasteiger partial charge in [-0.05, 0) is 19.3 Å². The Morgan fingerprint density at radius 2 is 1.88 bits per heavy atom. The van der Waals surface area contributed by atoms with Crippen molar-refractivity contribution in [2.75, 3.05) is 6.61 Å². The Bertz CT molecular complexity index is 254. The lowest BCUT2D eigenvalue weighted by Gasteiger charge is -2.44. The summed E-state index contributed by atoms with van der Waals surface area (Å²) in [5.41, 5.74) is -0.0244. The SMILES string of the molecule is CCCCCCCOC1CC(=O)C12CCCC2. The largest absolute Gasteiger partial charge is 0.377 e. The van der Waals surface area contributed by atoms with Crippen LogP contribution >= 0.6 is 0 Å². The zero-order valence-corrected chi connectivity index (χ0v) is 11.2. The van der Waals surface area contributed by atoms with E-state index in [2.05, 4.69) is 6.92 Å². The molecule has 1 unspecified atom stereocenters. The van der Waals surface area contributed by atoms with Crippen LogP contribution in [0.2, 0.25) is 0 Å². The number of rotatable bonds is 7. The summed E-state index contributed by atoms with van der Waals surface area (Å²) >= 11 is 0. The summed E-state index contributed by atoms with van der Waals surface area (Å²) in [5, 5.41) is 0. The second kappa shape index (κ2) is 5.99. The van der Waals surface area contributed by atoms with Crippen LogP contribution in [0.25, 0.3) is 0 Å². The molecule has 0 bridgehead atoms. The van der Waals surface area contributed by atoms with Crippen LogP contribution in [0.4, 0.5) is 0 Å². The van der Waals surface area contributed by atoms with Gasteiger partial charge in [0.2, 0.25) is 0 Å². The van der Waals surface area contributed by atoms with Crippen molar-refractivity contribution in [1.82, 2.24) is 0 Å². The number of unbranched alkanes of at least 4 members (excludes halogenated alkanes) is 4. The lowest BCUT2D eigenvalue weighted by atomic mass is 9.63. The summed E-state index contributed by atoms with van der Waals surface area (Å²) in [6.07, 6.45) is 12.0. The molecule has 0 aromatic carbocycles. The highest BCUT2D eigenvalue weighted by molar-refractivity contribution is 5.92. The summed E-state index contributed by atoms with van der Waals surface area (Å²) in [4.78, 5) is 11.8. The van der Waals surface area contributed by atoms with Gasteiger partial charge in [-0.25, -0.2) is 0 Å². The molecule has 98 valence electrons. The molecule has 0 aromatic rings. The average molecular weight is 238 g/mol. The molecule has 2 aliphatic rings. The summed E-state index contributed by atoms with van der Waals surface area (Å²) in [6.45, 7) is 3.10. The molecule has 2 heteroatoms. The highest BCUT2D eigenvalue weighted by Crippen LogP contribution is 2.51. The van der Waals surface area contributed by atoms with Gasteiger partial charge in [0, 0.05) is 13.0 Å². The molecule has 0 heterocycles. The summed E-state index contributed by atoms with van der Waals surface area (Å²) in [7, 11) is 0. The van der Waals surface area contributed by atoms with E-state index in [0.717, 1.165) is 19.4 Å². The molecule has 1 spiro atoms. The molecule has 0 saturated heterocycles. The standard InChI is InChI=1S/C15H26O2/c1-2-3-4-5-8-11-17-14-12-13(16)15(14)9-6-7-10-15/h14H,2-12H2,1H3. The first-order chi connectivity index (χ1) is 8.29. The van der Waals surface area contributed by atoms with Crippen LogP contribution in [-0.4, -0.2) is 18.5 Å². The van der Waals surface area contributed by atoms with E-state index >= 15 is 0 Å². The maximum absolute atomic E-state index is 11.8. The Morgan fingerprint density at radius 1 is 1.18 bits per heavy atom. The van der Waals surface area contributed by atoms with Crippen LogP contribution in [0.3, 0.4) is 0 Å². The smallest absolute Gasteiger partial charge is 0.144 e. The Hall–Kier alpha value is -0.370. The van der Waals surface area contributed by atoms with E-state index in [4.69, 9.17) is 4.74 Å². The Kier molecular flexibility index (Phi) is 4.61. The van der Waals surface area contributed by atoms with E-state index in [1.165, 1.54) is 44.9 Å². The zero-order valence-electron chi connectivity index (χ0n) is 11.2. The van der Waals surface area contributed by atoms with Crippen molar-refractivity contribution in [3.05, 3.63) is 0 Å². The lowest BCUT2D eigenvalue weighted by molar-refractivity contribution is -0.162. The number of hydrogen-bond donors (Lipinski definition) is 0. The van der Waals surface area contributed by atoms with E-state index in [1.54, 1.807) is 0 Å². The highest BCUT2D eigenvalue weighted by Gasteiger charge is 2.56. The lowest BCUT2D eigenvalue weighted by Crippen LogP contribution is -2.53. The first-order valence-corrected chi connectivity index (χ1v) is 7.44. The van der Waals surface area contributed by atoms with Gasteiger partial charge in [0.1, 0.15) is 5.78 Å². The van der Waals surface area contributed by atoms with Crippen molar-refractivity contribution in [2.45, 2.75) is 77.2 Å². The van der Waals surface area contributed by atoms with Crippen LogP contribution in [0.15, 0.2) is 0 Å². The van der Waals surface area contributed by atoms with Gasteiger partial charge in [-0.2, -0.15) is 0 Å². The summed E-state index contributed by atoms with van der Waals surface area (Å²) in [6, 6.07) is 0. The molecule has 2 nitrogen and oxygen atoms in total. The normalized spacial score (nSPS) is 26.4. The number of hydrogen-bond acceptors (Lipinski definition) is 2. The topological polar surface area (TPSA) is 26.3 Å². The minimum Gasteiger partial charge on any atom is -0.377 e. The van der Waals surface area contributed by atoms with E-state index in [-0.39, 0.29) is 11.5 Å². The number of Topliss-reactive ketones (excluding diaryl/α,β-unsaturated/α-hetero) is 1. The maximum Gasteiger partial charge on any atom is 0.144 e. The second-order valence-electron chi connectivity index (χ2n) is 5.76. The van der Waals surface area contributed by atoms with Gasteiger partial charge >= 0.3 is 0 Å². The van der Waals surface area contributed by atoms with Crippen LogP contribution in [0, 0.1) is 5.41 Å². The Labute approximate surface area is 105 Å². The van der Waals surface area contributed by atoms with Crippen LogP contribution < -0.4 is 0 Å². The number of carbonyl (C=O) groups excluding carboxylic acids is 1. The fourth-order valence-corrected chi connectivity index (χ4v) is 3.37. The van der Waals surface area contributed by atoms with Gasteiger partial charge < -0.3 is 4.74 Å². The third kappa shape index (κ3) is 2.73. The van der Waals surface area contributed by atoms with Crippen LogP contribution in [0.5, 0.6) is 0 Å². The molecule has 0 radical (unpaired) electrons. The zero-order chi connectivity index (χ0) is 12.1. The Morgan fingerprint density at radius 3 is 2.53 bits per heavy atom. The minimum absolute atomic E-state index is 0.0244. The number of ketones is 1. The predicted molar refractivity (Wildman–Crippen MR) is 69.0 cm³/mol. The van der Waals surface area contributed by atoms with Crippen LogP contribution in [-0.2, 0) is 9.53 Å². The van der Waals surface area contributed by atoms with Gasteiger partial charge in [-0.1, -0.05) is 45.4 Å². The van der Waals surface area contributed by atoms with Crippen molar-refractivity contribution in [3.8, 4) is 0 Å². The average Bonchev–Trinajstić information content (AvgIpc) is 2.84. The molecule has 2 rings (SSSR count). The van der Waals surface area contributed by atoms with Crippen molar-refractivity contribution < 1.29 is 9.53 Å². The molecule has 2 saturated carbocycles. The van der Waals surface area contributed by atoms with Gasteiger partial charge in [0.15, 0.2) is 0 Å². The van der Waals surface area contributed by atoms with Gasteiger partial charge in [-0.15, -0.1) is 0 Å². The van der Waals surface area contributed by atoms with Gasteiger partial charge in [0.25, 0.3) is 0 Å². The first kappa shape index (κ1) is 13.1. The Balaban J connectivity index is 1.62. The van der Waals surface area contributed by atoms with Gasteiger partial charge in [0.05, 0.1) is 11.5 Å². The third-order valence-electron chi connectivity index (χ3n) is 4.61. The molecular formula is C15H26O2. The molecular weight excluding hydrogens is 212 g/mol. The third-order valence-corrected chi connectivity index (χ3v) is 4.61. The van der Waals surface area contributed by atoms with Crippen LogP contribution in [0.1, 0.15) is 71.1 Å². The van der Waals surface area contributed by atoms with Crippen molar-refractivity contribution in [2.24, 2.45) is 5.41 Å². The molecule has 0 N–H and O–H groups in total. The van der Waals surface area contributed by atoms with E-state index in [9.17, 15) is 4.79 Å². The van der Waals surface area contributed by atoms with Crippen molar-refractivity contribution >= 4 is 5.78 Å². The second-order valence-corrected chi connectivity index (χ2v) is 5.76. The molecule has 0 amide bonds. The highest BCUT2D eigenvalue weighted by atomic mass is 16.5. The fraction of sp³-hybridized carbons (Fsp3) is 0.933. The monoisotopic (exact) mass is 238 g/mol. The molecule has 0 aliphatic heterocycles. The summed E-state index contributed by atoms with van der Waals surface area (Å²) in [5.74, 6) is 0.478. The molecule has 0 aromatic heterocycles. The predicted octanol–water partition coefficient (Wildman–Crippen LogP) is 3.88. The van der Waals surface area contributed by atoms with E-state index in [0.29, 0.717) is 12.2 Å². The van der Waals surface area contributed by atoms with Crippen molar-refractivity contribution in [1.29, 1.82) is 0 Å². The summed E-state index contributed by atoms with van der Waals surface area (Å²) < 4.78 is 5.95. The fourth-order valence-electron chi connectivity index (χ4n) is 3.37. The molecule has 2 fully saturated rings. The molecule has 1 atom stereocenters. The number of carbonyl (C=O) groups is 1. The van der Waals surface area contributed by atoms with E-state index in [1.807, 2.05) is 0 Å². The maximum atomic E-state index is 11.8. The van der Waals surface area contributed by atoms with Gasteiger partial charge in [-0.3, -0.25) is 4.79 Å². The molecule has 2 aliphatic carbocycles. The first-order valence-electron chi connectivity index (χ1n) is 7.44. The number of ether oxygens (including phenoxy) is 1. The van der Waals surface area contributed by atoms with E-state index < -0.39 is 0 Å². The molecule has 17 heavy (non-hydrogen) atoms. The van der Waals surface area contributed by atoms with Crippen molar-refractivity contribution in [3.63, 3.8) is 0 Å². The quantitative estimate of drug-likeness (QED) is 0.629.